The normalized spacial score (nSPS) is 12.3. The molecule has 0 N–H and O–H groups in total. The largest absolute Gasteiger partial charge is 0.309 e. The number of nitrogens with zero attached hydrogens (tertiary/aromatic N) is 2. The standard InChI is InChI=1S/C16H17ClN2O2S2/c1-18(2)9-7-12-11-19(16-15(12)8-10-22-16)23(20,21)14-5-3-13(17)4-6-14/h3-6,8,10-11H,7,9H2,1-2H3. The molecule has 0 aliphatic carbocycles. The first kappa shape index (κ1) is 16.5. The van der Waals surface area contributed by atoms with Crippen LogP contribution in [-0.2, 0) is 16.4 Å². The Hall–Kier alpha value is -1.34. The summed E-state index contributed by atoms with van der Waals surface area (Å²) in [6.07, 6.45) is 2.55. The van der Waals surface area contributed by atoms with E-state index in [0.717, 1.165) is 28.7 Å². The van der Waals surface area contributed by atoms with Gasteiger partial charge < -0.3 is 4.90 Å². The average molecular weight is 369 g/mol. The van der Waals surface area contributed by atoms with Gasteiger partial charge in [0.2, 0.25) is 0 Å². The molecule has 0 amide bonds. The number of halogens is 1. The Balaban J connectivity index is 2.08. The van der Waals surface area contributed by atoms with Gasteiger partial charge in [-0.1, -0.05) is 11.6 Å². The van der Waals surface area contributed by atoms with Crippen LogP contribution in [0.15, 0.2) is 46.8 Å². The molecule has 0 saturated heterocycles. The molecule has 0 bridgehead atoms. The number of benzene rings is 1. The maximum absolute atomic E-state index is 12.9. The van der Waals surface area contributed by atoms with E-state index in [9.17, 15) is 8.42 Å². The van der Waals surface area contributed by atoms with Gasteiger partial charge in [-0.2, -0.15) is 0 Å². The van der Waals surface area contributed by atoms with Gasteiger partial charge >= 0.3 is 0 Å². The fourth-order valence-electron chi connectivity index (χ4n) is 2.43. The average Bonchev–Trinajstić information content (AvgIpc) is 3.07. The third kappa shape index (κ3) is 3.17. The molecule has 0 radical (unpaired) electrons. The van der Waals surface area contributed by atoms with E-state index in [2.05, 4.69) is 4.90 Å². The van der Waals surface area contributed by atoms with Crippen LogP contribution < -0.4 is 0 Å². The Morgan fingerprint density at radius 1 is 1.17 bits per heavy atom. The number of fused-ring (bicyclic) bond motifs is 1. The van der Waals surface area contributed by atoms with E-state index >= 15 is 0 Å². The Morgan fingerprint density at radius 2 is 1.87 bits per heavy atom. The molecule has 3 rings (SSSR count). The summed E-state index contributed by atoms with van der Waals surface area (Å²) in [5.41, 5.74) is 1.05. The van der Waals surface area contributed by atoms with Gasteiger partial charge in [-0.3, -0.25) is 0 Å². The number of rotatable bonds is 5. The van der Waals surface area contributed by atoms with Gasteiger partial charge in [0.1, 0.15) is 4.83 Å². The molecule has 0 fully saturated rings. The Labute approximate surface area is 145 Å². The van der Waals surface area contributed by atoms with E-state index in [-0.39, 0.29) is 4.90 Å². The summed E-state index contributed by atoms with van der Waals surface area (Å²) in [7, 11) is 0.397. The molecule has 1 aromatic carbocycles. The van der Waals surface area contributed by atoms with Gasteiger partial charge in [0, 0.05) is 23.2 Å². The highest BCUT2D eigenvalue weighted by Gasteiger charge is 2.22. The molecule has 7 heteroatoms. The molecule has 0 spiro atoms. The van der Waals surface area contributed by atoms with Gasteiger partial charge in [0.15, 0.2) is 0 Å². The molecule has 2 heterocycles. The Bertz CT molecular complexity index is 925. The first-order valence-electron chi connectivity index (χ1n) is 7.13. The molecule has 4 nitrogen and oxygen atoms in total. The predicted octanol–water partition coefficient (Wildman–Crippen LogP) is 3.70. The maximum atomic E-state index is 12.9. The highest BCUT2D eigenvalue weighted by molar-refractivity contribution is 7.90. The van der Waals surface area contributed by atoms with Crippen LogP contribution in [0.2, 0.25) is 5.02 Å². The molecule has 0 saturated carbocycles. The number of thiophene rings is 1. The molecule has 2 aromatic heterocycles. The molecular formula is C16H17ClN2O2S2. The zero-order valence-electron chi connectivity index (χ0n) is 12.9. The Morgan fingerprint density at radius 3 is 2.52 bits per heavy atom. The monoisotopic (exact) mass is 368 g/mol. The van der Waals surface area contributed by atoms with Crippen LogP contribution in [0.25, 0.3) is 10.2 Å². The second-order valence-electron chi connectivity index (χ2n) is 5.60. The van der Waals surface area contributed by atoms with Crippen LogP contribution in [0.3, 0.4) is 0 Å². The molecule has 3 aromatic rings. The van der Waals surface area contributed by atoms with E-state index in [4.69, 9.17) is 11.6 Å². The van der Waals surface area contributed by atoms with E-state index in [0.29, 0.717) is 5.02 Å². The third-order valence-electron chi connectivity index (χ3n) is 3.66. The topological polar surface area (TPSA) is 42.3 Å². The summed E-state index contributed by atoms with van der Waals surface area (Å²) >= 11 is 7.29. The fourth-order valence-corrected chi connectivity index (χ4v) is 5.08. The maximum Gasteiger partial charge on any atom is 0.268 e. The van der Waals surface area contributed by atoms with Crippen molar-refractivity contribution in [3.05, 3.63) is 52.5 Å². The molecular weight excluding hydrogens is 352 g/mol. The second-order valence-corrected chi connectivity index (χ2v) is 8.75. The summed E-state index contributed by atoms with van der Waals surface area (Å²) in [5.74, 6) is 0. The van der Waals surface area contributed by atoms with Crippen molar-refractivity contribution in [2.24, 2.45) is 0 Å². The summed E-state index contributed by atoms with van der Waals surface area (Å²) in [6, 6.07) is 8.25. The molecule has 0 aliphatic heterocycles. The van der Waals surface area contributed by atoms with Crippen molar-refractivity contribution >= 4 is 43.2 Å². The summed E-state index contributed by atoms with van der Waals surface area (Å²) in [4.78, 5) is 3.09. The predicted molar refractivity (Wildman–Crippen MR) is 96.1 cm³/mol. The summed E-state index contributed by atoms with van der Waals surface area (Å²) < 4.78 is 27.2. The highest BCUT2D eigenvalue weighted by Crippen LogP contribution is 2.30. The first-order valence-corrected chi connectivity index (χ1v) is 9.82. The van der Waals surface area contributed by atoms with Gasteiger partial charge in [0.05, 0.1) is 4.90 Å². The van der Waals surface area contributed by atoms with Gasteiger partial charge in [-0.25, -0.2) is 12.4 Å². The van der Waals surface area contributed by atoms with Crippen molar-refractivity contribution in [3.8, 4) is 0 Å². The molecule has 0 aliphatic rings. The first-order chi connectivity index (χ1) is 10.9. The number of aromatic nitrogens is 1. The van der Waals surface area contributed by atoms with E-state index in [1.807, 2.05) is 25.5 Å². The fraction of sp³-hybridized carbons (Fsp3) is 0.250. The minimum absolute atomic E-state index is 0.242. The van der Waals surface area contributed by atoms with Crippen LogP contribution in [0.5, 0.6) is 0 Å². The van der Waals surface area contributed by atoms with E-state index in [1.54, 1.807) is 18.3 Å². The molecule has 0 unspecified atom stereocenters. The van der Waals surface area contributed by atoms with Crippen LogP contribution >= 0.6 is 22.9 Å². The quantitative estimate of drug-likeness (QED) is 0.689. The Kier molecular flexibility index (Phi) is 4.51. The summed E-state index contributed by atoms with van der Waals surface area (Å²) in [6.45, 7) is 0.871. The van der Waals surface area contributed by atoms with Crippen LogP contribution in [0.1, 0.15) is 5.56 Å². The van der Waals surface area contributed by atoms with Gasteiger partial charge in [0.25, 0.3) is 10.0 Å². The lowest BCUT2D eigenvalue weighted by Gasteiger charge is -2.08. The second kappa shape index (κ2) is 6.28. The van der Waals surface area contributed by atoms with Crippen molar-refractivity contribution < 1.29 is 8.42 Å². The lowest BCUT2D eigenvalue weighted by molar-refractivity contribution is 0.414. The van der Waals surface area contributed by atoms with Crippen LogP contribution in [0, 0.1) is 0 Å². The smallest absolute Gasteiger partial charge is 0.268 e. The van der Waals surface area contributed by atoms with E-state index in [1.165, 1.54) is 27.4 Å². The van der Waals surface area contributed by atoms with Crippen molar-refractivity contribution in [3.63, 3.8) is 0 Å². The van der Waals surface area contributed by atoms with Crippen molar-refractivity contribution in [1.82, 2.24) is 8.87 Å². The van der Waals surface area contributed by atoms with Crippen LogP contribution in [0.4, 0.5) is 0 Å². The summed E-state index contributed by atoms with van der Waals surface area (Å²) in [5, 5.41) is 3.45. The van der Waals surface area contributed by atoms with Crippen molar-refractivity contribution in [2.45, 2.75) is 11.3 Å². The molecule has 0 atom stereocenters. The highest BCUT2D eigenvalue weighted by atomic mass is 35.5. The lowest BCUT2D eigenvalue weighted by atomic mass is 10.2. The SMILES string of the molecule is CN(C)CCc1cn(S(=O)(=O)c2ccc(Cl)cc2)c2sccc12. The zero-order chi connectivity index (χ0) is 16.6. The van der Waals surface area contributed by atoms with Crippen molar-refractivity contribution in [2.75, 3.05) is 20.6 Å². The van der Waals surface area contributed by atoms with Crippen LogP contribution in [-0.4, -0.2) is 37.9 Å². The van der Waals surface area contributed by atoms with Gasteiger partial charge in [-0.05, 0) is 61.8 Å². The lowest BCUT2D eigenvalue weighted by Crippen LogP contribution is -2.15. The number of likely N-dealkylation sites (N-methyl/N-ethyl adjacent to an activating group) is 1. The molecule has 23 heavy (non-hydrogen) atoms. The van der Waals surface area contributed by atoms with Gasteiger partial charge in [-0.15, -0.1) is 11.3 Å². The number of hydrogen-bond donors (Lipinski definition) is 0. The minimum atomic E-state index is -3.62. The zero-order valence-corrected chi connectivity index (χ0v) is 15.2. The minimum Gasteiger partial charge on any atom is -0.309 e. The number of hydrogen-bond acceptors (Lipinski definition) is 4. The molecule has 122 valence electrons. The van der Waals surface area contributed by atoms with Crippen molar-refractivity contribution in [1.29, 1.82) is 0 Å². The van der Waals surface area contributed by atoms with E-state index < -0.39 is 10.0 Å². The third-order valence-corrected chi connectivity index (χ3v) is 6.62.